The number of ether oxygens (including phenoxy) is 1. The first-order chi connectivity index (χ1) is 17.5. The third-order valence-corrected chi connectivity index (χ3v) is 8.05. The van der Waals surface area contributed by atoms with Crippen LogP contribution in [-0.4, -0.2) is 88.5 Å². The average molecular weight is 510 g/mol. The number of fused-ring (bicyclic) bond motifs is 1. The van der Waals surface area contributed by atoms with Crippen LogP contribution in [0.2, 0.25) is 0 Å². The number of piperidine rings is 1. The highest BCUT2D eigenvalue weighted by atomic mass is 32.1. The summed E-state index contributed by atoms with van der Waals surface area (Å²) in [6.07, 6.45) is 3.69. The summed E-state index contributed by atoms with van der Waals surface area (Å²) < 4.78 is 5.04. The fourth-order valence-electron chi connectivity index (χ4n) is 4.97. The SMILES string of the molecule is CCOC(=O)N1CCN(C(=O)c2csc(C3CCN(C(=O)Cc4c[nH]c5ccccc45)CC3)n2)CC1. The molecule has 3 aromatic rings. The van der Waals surface area contributed by atoms with E-state index in [1.165, 1.54) is 11.3 Å². The Bertz CT molecular complexity index is 1240. The summed E-state index contributed by atoms with van der Waals surface area (Å²) in [4.78, 5) is 51.0. The van der Waals surface area contributed by atoms with E-state index in [0.29, 0.717) is 58.0 Å². The van der Waals surface area contributed by atoms with E-state index in [4.69, 9.17) is 4.74 Å². The molecule has 0 bridgehead atoms. The molecule has 5 rings (SSSR count). The predicted molar refractivity (Wildman–Crippen MR) is 137 cm³/mol. The molecule has 0 unspecified atom stereocenters. The Kier molecular flexibility index (Phi) is 7.22. The van der Waals surface area contributed by atoms with Crippen LogP contribution in [0.5, 0.6) is 0 Å². The highest BCUT2D eigenvalue weighted by molar-refractivity contribution is 7.09. The van der Waals surface area contributed by atoms with Gasteiger partial charge in [-0.05, 0) is 31.4 Å². The van der Waals surface area contributed by atoms with Crippen molar-refractivity contribution in [2.24, 2.45) is 0 Å². The van der Waals surface area contributed by atoms with Gasteiger partial charge in [0.05, 0.1) is 18.0 Å². The van der Waals surface area contributed by atoms with Crippen LogP contribution in [0.4, 0.5) is 4.79 Å². The molecule has 0 spiro atoms. The van der Waals surface area contributed by atoms with Crippen molar-refractivity contribution in [3.8, 4) is 0 Å². The first-order valence-electron chi connectivity index (χ1n) is 12.5. The van der Waals surface area contributed by atoms with Crippen LogP contribution in [0.25, 0.3) is 10.9 Å². The van der Waals surface area contributed by atoms with Crippen LogP contribution in [-0.2, 0) is 16.0 Å². The van der Waals surface area contributed by atoms with Gasteiger partial charge in [0.2, 0.25) is 5.91 Å². The number of hydrogen-bond acceptors (Lipinski definition) is 6. The number of piperazine rings is 1. The molecule has 0 atom stereocenters. The van der Waals surface area contributed by atoms with Crippen molar-refractivity contribution >= 4 is 40.1 Å². The zero-order valence-corrected chi connectivity index (χ0v) is 21.3. The fourth-order valence-corrected chi connectivity index (χ4v) is 5.94. The first-order valence-corrected chi connectivity index (χ1v) is 13.4. The van der Waals surface area contributed by atoms with Crippen LogP contribution in [0, 0.1) is 0 Å². The molecule has 9 nitrogen and oxygen atoms in total. The van der Waals surface area contributed by atoms with Gasteiger partial charge in [-0.1, -0.05) is 18.2 Å². The van der Waals surface area contributed by atoms with Crippen LogP contribution in [0.1, 0.15) is 46.7 Å². The lowest BCUT2D eigenvalue weighted by Gasteiger charge is -2.33. The largest absolute Gasteiger partial charge is 0.450 e. The second kappa shape index (κ2) is 10.7. The van der Waals surface area contributed by atoms with Crippen molar-refractivity contribution < 1.29 is 19.1 Å². The van der Waals surface area contributed by atoms with Crippen molar-refractivity contribution in [1.82, 2.24) is 24.7 Å². The van der Waals surface area contributed by atoms with Gasteiger partial charge < -0.3 is 24.4 Å². The van der Waals surface area contributed by atoms with E-state index >= 15 is 0 Å². The Morgan fingerprint density at radius 2 is 1.75 bits per heavy atom. The van der Waals surface area contributed by atoms with E-state index in [1.54, 1.807) is 16.7 Å². The molecule has 3 amide bonds. The number of aromatic amines is 1. The van der Waals surface area contributed by atoms with Crippen molar-refractivity contribution in [1.29, 1.82) is 0 Å². The number of carbonyl (C=O) groups is 3. The molecule has 2 fully saturated rings. The zero-order valence-electron chi connectivity index (χ0n) is 20.4. The van der Waals surface area contributed by atoms with Crippen molar-refractivity contribution in [2.75, 3.05) is 45.9 Å². The third kappa shape index (κ3) is 5.09. The molecule has 4 heterocycles. The summed E-state index contributed by atoms with van der Waals surface area (Å²) >= 11 is 1.52. The van der Waals surface area contributed by atoms with Gasteiger partial charge in [-0.15, -0.1) is 11.3 Å². The molecule has 1 aromatic carbocycles. The molecule has 36 heavy (non-hydrogen) atoms. The van der Waals surface area contributed by atoms with Gasteiger partial charge in [0.25, 0.3) is 5.91 Å². The summed E-state index contributed by atoms with van der Waals surface area (Å²) in [6.45, 7) is 5.40. The minimum Gasteiger partial charge on any atom is -0.450 e. The van der Waals surface area contributed by atoms with Gasteiger partial charge in [0, 0.05) is 67.7 Å². The molecular weight excluding hydrogens is 478 g/mol. The molecule has 190 valence electrons. The van der Waals surface area contributed by atoms with Crippen LogP contribution in [0.15, 0.2) is 35.8 Å². The number of thiazole rings is 1. The quantitative estimate of drug-likeness (QED) is 0.568. The number of nitrogens with zero attached hydrogens (tertiary/aromatic N) is 4. The molecule has 0 saturated carbocycles. The summed E-state index contributed by atoms with van der Waals surface area (Å²) in [5, 5.41) is 3.90. The maximum absolute atomic E-state index is 13.0. The van der Waals surface area contributed by atoms with Crippen molar-refractivity contribution in [2.45, 2.75) is 32.1 Å². The highest BCUT2D eigenvalue weighted by Crippen LogP contribution is 2.31. The number of carbonyl (C=O) groups excluding carboxylic acids is 3. The van der Waals surface area contributed by atoms with Gasteiger partial charge in [-0.3, -0.25) is 9.59 Å². The Morgan fingerprint density at radius 1 is 1.03 bits per heavy atom. The number of rotatable bonds is 5. The zero-order chi connectivity index (χ0) is 25.1. The second-order valence-electron chi connectivity index (χ2n) is 9.24. The number of hydrogen-bond donors (Lipinski definition) is 1. The summed E-state index contributed by atoms with van der Waals surface area (Å²) in [6, 6.07) is 8.04. The number of aromatic nitrogens is 2. The summed E-state index contributed by atoms with van der Waals surface area (Å²) in [5.74, 6) is 0.317. The molecular formula is C26H31N5O4S. The lowest BCUT2D eigenvalue weighted by atomic mass is 9.97. The van der Waals surface area contributed by atoms with Gasteiger partial charge in [0.1, 0.15) is 5.69 Å². The monoisotopic (exact) mass is 509 g/mol. The van der Waals surface area contributed by atoms with Crippen LogP contribution in [0.3, 0.4) is 0 Å². The van der Waals surface area contributed by atoms with E-state index in [0.717, 1.165) is 34.3 Å². The molecule has 2 aliphatic heterocycles. The van der Waals surface area contributed by atoms with Crippen molar-refractivity contribution in [3.63, 3.8) is 0 Å². The lowest BCUT2D eigenvalue weighted by Crippen LogP contribution is -2.50. The maximum atomic E-state index is 13.0. The third-order valence-electron chi connectivity index (χ3n) is 7.05. The van der Waals surface area contributed by atoms with Crippen LogP contribution >= 0.6 is 11.3 Å². The number of H-pyrrole nitrogens is 1. The molecule has 2 aliphatic rings. The minimum absolute atomic E-state index is 0.0904. The second-order valence-corrected chi connectivity index (χ2v) is 10.1. The molecule has 0 aliphatic carbocycles. The van der Waals surface area contributed by atoms with Gasteiger partial charge in [0.15, 0.2) is 0 Å². The highest BCUT2D eigenvalue weighted by Gasteiger charge is 2.29. The van der Waals surface area contributed by atoms with Crippen LogP contribution < -0.4 is 0 Å². The first kappa shape index (κ1) is 24.3. The van der Waals surface area contributed by atoms with E-state index in [9.17, 15) is 14.4 Å². The smallest absolute Gasteiger partial charge is 0.409 e. The number of benzene rings is 1. The molecule has 2 aromatic heterocycles. The van der Waals surface area contributed by atoms with Gasteiger partial charge in [-0.2, -0.15) is 0 Å². The fraction of sp³-hybridized carbons (Fsp3) is 0.462. The predicted octanol–water partition coefficient (Wildman–Crippen LogP) is 3.49. The van der Waals surface area contributed by atoms with E-state index in [1.807, 2.05) is 40.7 Å². The standard InChI is InChI=1S/C26H31N5O4S/c1-2-35-26(34)31-13-11-30(12-14-31)25(33)22-17-36-24(28-22)18-7-9-29(10-8-18)23(32)15-19-16-27-21-6-4-3-5-20(19)21/h3-6,16-18,27H,2,7-15H2,1H3. The Hall–Kier alpha value is -3.40. The maximum Gasteiger partial charge on any atom is 0.409 e. The van der Waals surface area contributed by atoms with Gasteiger partial charge >= 0.3 is 6.09 Å². The van der Waals surface area contributed by atoms with Crippen molar-refractivity contribution in [3.05, 3.63) is 52.1 Å². The Morgan fingerprint density at radius 3 is 2.50 bits per heavy atom. The normalized spacial score (nSPS) is 17.0. The summed E-state index contributed by atoms with van der Waals surface area (Å²) in [5.41, 5.74) is 2.55. The topological polar surface area (TPSA) is 98.8 Å². The Labute approximate surface area is 214 Å². The molecule has 0 radical (unpaired) electrons. The number of likely N-dealkylation sites (tertiary alicyclic amines) is 1. The number of para-hydroxylation sites is 1. The molecule has 10 heteroatoms. The van der Waals surface area contributed by atoms with E-state index in [2.05, 4.69) is 9.97 Å². The van der Waals surface area contributed by atoms with E-state index < -0.39 is 0 Å². The lowest BCUT2D eigenvalue weighted by molar-refractivity contribution is -0.131. The molecule has 1 N–H and O–H groups in total. The summed E-state index contributed by atoms with van der Waals surface area (Å²) in [7, 11) is 0. The number of amides is 3. The minimum atomic E-state index is -0.327. The molecule has 2 saturated heterocycles. The average Bonchev–Trinajstić information content (AvgIpc) is 3.57. The van der Waals surface area contributed by atoms with Gasteiger partial charge in [-0.25, -0.2) is 9.78 Å². The Balaban J connectivity index is 1.12. The van der Waals surface area contributed by atoms with E-state index in [-0.39, 0.29) is 23.8 Å². The number of nitrogens with one attached hydrogen (secondary N) is 1.